The van der Waals surface area contributed by atoms with Crippen LogP contribution in [-0.4, -0.2) is 51.0 Å². The van der Waals surface area contributed by atoms with E-state index in [0.29, 0.717) is 6.04 Å². The van der Waals surface area contributed by atoms with Crippen LogP contribution in [-0.2, 0) is 22.4 Å². The summed E-state index contributed by atoms with van der Waals surface area (Å²) in [4.78, 5) is 2.51. The Morgan fingerprint density at radius 1 is 1.43 bits per heavy atom. The van der Waals surface area contributed by atoms with Gasteiger partial charge in [0.1, 0.15) is 0 Å². The highest BCUT2D eigenvalue weighted by Crippen LogP contribution is 2.28. The molecule has 1 fully saturated rings. The Morgan fingerprint density at radius 3 is 3.10 bits per heavy atom. The first-order chi connectivity index (χ1) is 9.88. The molecule has 21 heavy (non-hydrogen) atoms. The minimum absolute atomic E-state index is 0. The average Bonchev–Trinajstić information content (AvgIpc) is 3.14. The van der Waals surface area contributed by atoms with E-state index in [1.165, 1.54) is 16.8 Å². The Bertz CT molecular complexity index is 450. The molecule has 0 radical (unpaired) electrons. The molecule has 0 bridgehead atoms. The average molecular weight is 313 g/mol. The zero-order valence-electron chi connectivity index (χ0n) is 12.6. The standard InChI is InChI=1S/C16H24N2O2.ClH/c1-19-10-8-18(15-6-9-20-12-15)11-14-4-2-3-13-5-7-17-16(13)14;/h2-4,15,17H,5-12H2,1H3;1H. The van der Waals surface area contributed by atoms with Gasteiger partial charge in [0, 0.05) is 45.1 Å². The molecular weight excluding hydrogens is 288 g/mol. The highest BCUT2D eigenvalue weighted by Gasteiger charge is 2.24. The predicted molar refractivity (Wildman–Crippen MR) is 87.4 cm³/mol. The highest BCUT2D eigenvalue weighted by molar-refractivity contribution is 5.85. The maximum Gasteiger partial charge on any atom is 0.0622 e. The van der Waals surface area contributed by atoms with Crippen molar-refractivity contribution in [3.63, 3.8) is 0 Å². The first-order valence-electron chi connectivity index (χ1n) is 7.54. The van der Waals surface area contributed by atoms with Crippen LogP contribution < -0.4 is 5.32 Å². The number of benzene rings is 1. The Kier molecular flexibility index (Phi) is 6.30. The second-order valence-electron chi connectivity index (χ2n) is 5.61. The summed E-state index contributed by atoms with van der Waals surface area (Å²) in [6.45, 7) is 5.53. The van der Waals surface area contributed by atoms with E-state index in [0.717, 1.165) is 52.3 Å². The van der Waals surface area contributed by atoms with Crippen molar-refractivity contribution >= 4 is 18.1 Å². The van der Waals surface area contributed by atoms with E-state index in [-0.39, 0.29) is 12.4 Å². The van der Waals surface area contributed by atoms with Crippen molar-refractivity contribution in [1.82, 2.24) is 4.90 Å². The van der Waals surface area contributed by atoms with Gasteiger partial charge >= 0.3 is 0 Å². The first kappa shape index (κ1) is 16.6. The zero-order valence-corrected chi connectivity index (χ0v) is 13.5. The van der Waals surface area contributed by atoms with Crippen LogP contribution in [0.15, 0.2) is 18.2 Å². The van der Waals surface area contributed by atoms with E-state index in [1.807, 2.05) is 0 Å². The third-order valence-corrected chi connectivity index (χ3v) is 4.31. The summed E-state index contributed by atoms with van der Waals surface area (Å²) < 4.78 is 10.8. The van der Waals surface area contributed by atoms with Crippen LogP contribution in [0, 0.1) is 0 Å². The van der Waals surface area contributed by atoms with E-state index in [1.54, 1.807) is 7.11 Å². The summed E-state index contributed by atoms with van der Waals surface area (Å²) >= 11 is 0. The molecule has 1 unspecified atom stereocenters. The minimum atomic E-state index is 0. The SMILES string of the molecule is COCCN(Cc1cccc2c1NCC2)C1CCOC1.Cl. The molecule has 0 spiro atoms. The van der Waals surface area contributed by atoms with Gasteiger partial charge in [-0.2, -0.15) is 0 Å². The van der Waals surface area contributed by atoms with Crippen LogP contribution in [0.4, 0.5) is 5.69 Å². The molecule has 5 heteroatoms. The Labute approximate surface area is 133 Å². The molecule has 2 aliphatic rings. The first-order valence-corrected chi connectivity index (χ1v) is 7.54. The second kappa shape index (κ2) is 7.99. The molecule has 1 aromatic carbocycles. The minimum Gasteiger partial charge on any atom is -0.384 e. The lowest BCUT2D eigenvalue weighted by molar-refractivity contribution is 0.101. The number of anilines is 1. The molecular formula is C16H25ClN2O2. The molecule has 0 saturated carbocycles. The lowest BCUT2D eigenvalue weighted by atomic mass is 10.1. The molecule has 3 rings (SSSR count). The lowest BCUT2D eigenvalue weighted by Gasteiger charge is -2.28. The fourth-order valence-electron chi connectivity index (χ4n) is 3.17. The largest absolute Gasteiger partial charge is 0.384 e. The Morgan fingerprint density at radius 2 is 2.33 bits per heavy atom. The normalized spacial score (nSPS) is 20.2. The molecule has 1 saturated heterocycles. The van der Waals surface area contributed by atoms with Crippen molar-refractivity contribution < 1.29 is 9.47 Å². The Hall–Kier alpha value is -0.810. The summed E-state index contributed by atoms with van der Waals surface area (Å²) in [5.74, 6) is 0. The number of para-hydroxylation sites is 1. The Balaban J connectivity index is 0.00000161. The van der Waals surface area contributed by atoms with Crippen molar-refractivity contribution in [2.24, 2.45) is 0 Å². The molecule has 2 aliphatic heterocycles. The summed E-state index contributed by atoms with van der Waals surface area (Å²) in [6, 6.07) is 7.19. The van der Waals surface area contributed by atoms with E-state index < -0.39 is 0 Å². The van der Waals surface area contributed by atoms with Gasteiger partial charge in [-0.1, -0.05) is 18.2 Å². The molecule has 4 nitrogen and oxygen atoms in total. The third-order valence-electron chi connectivity index (χ3n) is 4.31. The summed E-state index contributed by atoms with van der Waals surface area (Å²) in [5.41, 5.74) is 4.22. The van der Waals surface area contributed by atoms with Gasteiger partial charge in [0.2, 0.25) is 0 Å². The molecule has 0 aromatic heterocycles. The molecule has 0 amide bonds. The van der Waals surface area contributed by atoms with Crippen molar-refractivity contribution in [2.45, 2.75) is 25.4 Å². The lowest BCUT2D eigenvalue weighted by Crippen LogP contribution is -2.37. The van der Waals surface area contributed by atoms with Crippen LogP contribution in [0.3, 0.4) is 0 Å². The second-order valence-corrected chi connectivity index (χ2v) is 5.61. The van der Waals surface area contributed by atoms with E-state index in [2.05, 4.69) is 28.4 Å². The molecule has 1 atom stereocenters. The smallest absolute Gasteiger partial charge is 0.0622 e. The maximum absolute atomic E-state index is 5.55. The van der Waals surface area contributed by atoms with Gasteiger partial charge in [0.15, 0.2) is 0 Å². The van der Waals surface area contributed by atoms with Crippen LogP contribution in [0.5, 0.6) is 0 Å². The van der Waals surface area contributed by atoms with Gasteiger partial charge in [-0.25, -0.2) is 0 Å². The van der Waals surface area contributed by atoms with Gasteiger partial charge in [0.25, 0.3) is 0 Å². The number of methoxy groups -OCH3 is 1. The predicted octanol–water partition coefficient (Wildman–Crippen LogP) is 2.31. The van der Waals surface area contributed by atoms with E-state index >= 15 is 0 Å². The number of fused-ring (bicyclic) bond motifs is 1. The van der Waals surface area contributed by atoms with Gasteiger partial charge < -0.3 is 14.8 Å². The molecule has 1 aromatic rings. The summed E-state index contributed by atoms with van der Waals surface area (Å²) in [7, 11) is 1.77. The number of hydrogen-bond acceptors (Lipinski definition) is 4. The van der Waals surface area contributed by atoms with Gasteiger partial charge in [-0.3, -0.25) is 4.90 Å². The van der Waals surface area contributed by atoms with E-state index in [4.69, 9.17) is 9.47 Å². The number of nitrogens with zero attached hydrogens (tertiary/aromatic N) is 1. The quantitative estimate of drug-likeness (QED) is 0.874. The van der Waals surface area contributed by atoms with Crippen molar-refractivity contribution in [3.8, 4) is 0 Å². The van der Waals surface area contributed by atoms with Crippen LogP contribution in [0.1, 0.15) is 17.5 Å². The monoisotopic (exact) mass is 312 g/mol. The van der Waals surface area contributed by atoms with Gasteiger partial charge in [0.05, 0.1) is 13.2 Å². The molecule has 2 heterocycles. The van der Waals surface area contributed by atoms with Crippen LogP contribution in [0.2, 0.25) is 0 Å². The van der Waals surface area contributed by atoms with Gasteiger partial charge in [-0.15, -0.1) is 12.4 Å². The molecule has 0 aliphatic carbocycles. The number of halogens is 1. The topological polar surface area (TPSA) is 33.7 Å². The van der Waals surface area contributed by atoms with Crippen molar-refractivity contribution in [1.29, 1.82) is 0 Å². The molecule has 118 valence electrons. The van der Waals surface area contributed by atoms with Crippen molar-refractivity contribution in [2.75, 3.05) is 45.3 Å². The van der Waals surface area contributed by atoms with Crippen molar-refractivity contribution in [3.05, 3.63) is 29.3 Å². The fourth-order valence-corrected chi connectivity index (χ4v) is 3.17. The van der Waals surface area contributed by atoms with Crippen LogP contribution in [0.25, 0.3) is 0 Å². The number of ether oxygens (including phenoxy) is 2. The summed E-state index contributed by atoms with van der Waals surface area (Å²) in [6.07, 6.45) is 2.28. The summed E-state index contributed by atoms with van der Waals surface area (Å²) in [5, 5.41) is 3.53. The number of hydrogen-bond donors (Lipinski definition) is 1. The highest BCUT2D eigenvalue weighted by atomic mass is 35.5. The number of nitrogens with one attached hydrogen (secondary N) is 1. The third kappa shape index (κ3) is 3.89. The fraction of sp³-hybridized carbons (Fsp3) is 0.625. The van der Waals surface area contributed by atoms with E-state index in [9.17, 15) is 0 Å². The van der Waals surface area contributed by atoms with Crippen LogP contribution >= 0.6 is 12.4 Å². The van der Waals surface area contributed by atoms with Gasteiger partial charge in [-0.05, 0) is 24.0 Å². The molecule has 1 N–H and O–H groups in total. The zero-order chi connectivity index (χ0) is 13.8. The maximum atomic E-state index is 5.55. The number of rotatable bonds is 6.